The van der Waals surface area contributed by atoms with Crippen LogP contribution >= 0.6 is 17.1 Å². The van der Waals surface area contributed by atoms with Gasteiger partial charge in [0.05, 0.1) is 0 Å². The summed E-state index contributed by atoms with van der Waals surface area (Å²) in [5.41, 5.74) is 12.6. The maximum atomic E-state index is 7.49. The molecule has 0 bridgehead atoms. The van der Waals surface area contributed by atoms with E-state index in [1.54, 1.807) is 0 Å². The largest absolute Gasteiger partial charge is 3.00 e. The zero-order valence-corrected chi connectivity index (χ0v) is 16.6. The Balaban J connectivity index is -0.0000000673. The first kappa shape index (κ1) is 32.8. The quantitative estimate of drug-likeness (QED) is 0.190. The van der Waals surface area contributed by atoms with Gasteiger partial charge in [-0.25, -0.2) is 25.3 Å². The Kier molecular flexibility index (Phi) is 39.1. The second-order valence-electron chi connectivity index (χ2n) is 2.64. The predicted octanol–water partition coefficient (Wildman–Crippen LogP) is 1.24. The fraction of sp³-hybridized carbons (Fsp3) is 0.0833. The standard InChI is InChI=1S/C10H9.2CH3.Ir.2H4NO2P/c1-2-3-7-10-8-5-4-6-9-10;;;;2*1-4(2)3/h2,4-6,8-9H,1H3;2*1H3;;2*2-3H,1H2/q3*-1;+3;;/p+2. The molecule has 0 radical (unpaired) electrons. The third kappa shape index (κ3) is 45.0. The monoisotopic (exact) mass is 516 g/mol. The average molecular weight is 516 g/mol. The van der Waals surface area contributed by atoms with Gasteiger partial charge in [0.1, 0.15) is 0 Å². The first-order chi connectivity index (χ1) is 8.40. The summed E-state index contributed by atoms with van der Waals surface area (Å²) in [6.45, 7) is 1.93. The Labute approximate surface area is 143 Å². The second-order valence-corrected chi connectivity index (χ2v) is 4.07. The van der Waals surface area contributed by atoms with Crippen molar-refractivity contribution < 1.29 is 39.7 Å². The van der Waals surface area contributed by atoms with Crippen molar-refractivity contribution in [3.63, 3.8) is 0 Å². The Bertz CT molecular complexity index is 337. The first-order valence-corrected chi connectivity index (χ1v) is 7.69. The summed E-state index contributed by atoms with van der Waals surface area (Å²) in [6, 6.07) is 9.95. The van der Waals surface area contributed by atoms with E-state index in [0.29, 0.717) is 0 Å². The Morgan fingerprint density at radius 2 is 1.33 bits per heavy atom. The van der Waals surface area contributed by atoms with Gasteiger partial charge < -0.3 is 14.9 Å². The smallest absolute Gasteiger partial charge is 0.358 e. The van der Waals surface area contributed by atoms with Crippen molar-refractivity contribution in [3.8, 4) is 0 Å². The minimum Gasteiger partial charge on any atom is -0.358 e. The predicted molar refractivity (Wildman–Crippen MR) is 89.3 cm³/mol. The molecule has 0 unspecified atom stereocenters. The number of benzene rings is 1. The number of nitrogens with two attached hydrogens (primary N) is 2. The van der Waals surface area contributed by atoms with Gasteiger partial charge in [-0.2, -0.15) is 11.0 Å². The first-order valence-electron chi connectivity index (χ1n) is 4.75. The fourth-order valence-electron chi connectivity index (χ4n) is 0.677. The maximum Gasteiger partial charge on any atom is 3.00 e. The normalized spacial score (nSPS) is 7.29. The number of rotatable bonds is 1. The molecule has 0 saturated heterocycles. The molecule has 0 aliphatic rings. The SMILES string of the molecule is CC=C=[C-]c1ccccc1.N[PH+](O)O.N[PH+](O)O.[CH3-].[CH3-].[Ir+3]. The molecule has 1 aromatic rings. The topological polar surface area (TPSA) is 133 Å². The number of hydrogen-bond donors (Lipinski definition) is 6. The summed E-state index contributed by atoms with van der Waals surface area (Å²) in [7, 11) is -4.76. The van der Waals surface area contributed by atoms with Gasteiger partial charge in [-0.05, 0) is 0 Å². The minimum atomic E-state index is -2.38. The zero-order chi connectivity index (χ0) is 14.4. The van der Waals surface area contributed by atoms with Crippen molar-refractivity contribution in [1.82, 2.24) is 0 Å². The van der Waals surface area contributed by atoms with E-state index < -0.39 is 17.1 Å². The molecule has 1 rings (SSSR count). The Morgan fingerprint density at radius 1 is 1.00 bits per heavy atom. The van der Waals surface area contributed by atoms with E-state index in [1.165, 1.54) is 0 Å². The van der Waals surface area contributed by atoms with Gasteiger partial charge in [0.25, 0.3) is 0 Å². The van der Waals surface area contributed by atoms with Crippen LogP contribution in [0.15, 0.2) is 42.1 Å². The van der Waals surface area contributed by atoms with E-state index in [2.05, 4.69) is 22.8 Å². The Hall–Kier alpha value is 0.00935. The van der Waals surface area contributed by atoms with Gasteiger partial charge >= 0.3 is 37.2 Å². The van der Waals surface area contributed by atoms with Crippen molar-refractivity contribution in [1.29, 1.82) is 0 Å². The molecule has 0 heterocycles. The molecule has 0 amide bonds. The minimum absolute atomic E-state index is 0. The van der Waals surface area contributed by atoms with Gasteiger partial charge in [-0.15, -0.1) is 35.9 Å². The van der Waals surface area contributed by atoms with Crippen LogP contribution in [0.5, 0.6) is 0 Å². The zero-order valence-electron chi connectivity index (χ0n) is 12.2. The summed E-state index contributed by atoms with van der Waals surface area (Å²) in [6.07, 6.45) is 4.83. The van der Waals surface area contributed by atoms with E-state index in [4.69, 9.17) is 19.6 Å². The van der Waals surface area contributed by atoms with Gasteiger partial charge in [-0.3, -0.25) is 0 Å². The van der Waals surface area contributed by atoms with Crippen LogP contribution in [0.2, 0.25) is 0 Å². The van der Waals surface area contributed by atoms with Crippen LogP contribution in [-0.4, -0.2) is 19.6 Å². The van der Waals surface area contributed by atoms with Crippen LogP contribution in [-0.2, 0) is 20.1 Å². The van der Waals surface area contributed by atoms with Crippen LogP contribution in [0.25, 0.3) is 0 Å². The molecule has 0 fully saturated rings. The van der Waals surface area contributed by atoms with E-state index >= 15 is 0 Å². The van der Waals surface area contributed by atoms with Crippen LogP contribution in [0, 0.1) is 20.9 Å². The number of allylic oxidation sites excluding steroid dienone is 1. The van der Waals surface area contributed by atoms with Crippen molar-refractivity contribution in [2.24, 2.45) is 11.0 Å². The van der Waals surface area contributed by atoms with Crippen molar-refractivity contribution in [3.05, 3.63) is 68.6 Å². The third-order valence-electron chi connectivity index (χ3n) is 1.13. The van der Waals surface area contributed by atoms with E-state index in [9.17, 15) is 0 Å². The van der Waals surface area contributed by atoms with E-state index in [1.807, 2.05) is 43.3 Å². The Morgan fingerprint density at radius 3 is 1.62 bits per heavy atom. The van der Waals surface area contributed by atoms with Crippen molar-refractivity contribution >= 4 is 17.1 Å². The molecule has 9 heteroatoms. The van der Waals surface area contributed by atoms with Gasteiger partial charge in [-0.1, -0.05) is 19.1 Å². The molecule has 0 saturated carbocycles. The van der Waals surface area contributed by atoms with Gasteiger partial charge in [0.2, 0.25) is 0 Å². The molecule has 0 atom stereocenters. The number of hydrogen-bond acceptors (Lipinski definition) is 6. The summed E-state index contributed by atoms with van der Waals surface area (Å²) in [5.74, 6) is 0. The molecule has 6 nitrogen and oxygen atoms in total. The molecule has 0 spiro atoms. The summed E-state index contributed by atoms with van der Waals surface area (Å²) in [4.78, 5) is 30.0. The van der Waals surface area contributed by atoms with Crippen LogP contribution in [0.4, 0.5) is 0 Å². The molecule has 0 aliphatic heterocycles. The molecule has 8 N–H and O–H groups in total. The molecule has 1 aromatic carbocycles. The van der Waals surface area contributed by atoms with Gasteiger partial charge in [0.15, 0.2) is 0 Å². The molecular weight excluding hydrogens is 490 g/mol. The van der Waals surface area contributed by atoms with Crippen molar-refractivity contribution in [2.45, 2.75) is 6.92 Å². The summed E-state index contributed by atoms with van der Waals surface area (Å²) in [5, 5.41) is 0. The summed E-state index contributed by atoms with van der Waals surface area (Å²) >= 11 is 0. The fourth-order valence-corrected chi connectivity index (χ4v) is 0.677. The third-order valence-corrected chi connectivity index (χ3v) is 1.13. The maximum absolute atomic E-state index is 7.49. The van der Waals surface area contributed by atoms with Crippen LogP contribution < -0.4 is 11.0 Å². The summed E-state index contributed by atoms with van der Waals surface area (Å²) < 4.78 is 0. The van der Waals surface area contributed by atoms with Crippen LogP contribution in [0.3, 0.4) is 0 Å². The van der Waals surface area contributed by atoms with E-state index in [0.717, 1.165) is 5.56 Å². The van der Waals surface area contributed by atoms with Crippen LogP contribution in [0.1, 0.15) is 12.5 Å². The molecular formula is C12H25IrN2O4P2+2. The average Bonchev–Trinajstić information content (AvgIpc) is 2.26. The second kappa shape index (κ2) is 25.0. The van der Waals surface area contributed by atoms with Gasteiger partial charge in [0, 0.05) is 0 Å². The molecule has 124 valence electrons. The molecule has 0 aliphatic carbocycles. The van der Waals surface area contributed by atoms with E-state index in [-0.39, 0.29) is 35.0 Å². The molecule has 21 heavy (non-hydrogen) atoms. The molecule has 0 aromatic heterocycles. The van der Waals surface area contributed by atoms with Crippen molar-refractivity contribution in [2.75, 3.05) is 0 Å².